The van der Waals surface area contributed by atoms with Gasteiger partial charge in [0.2, 0.25) is 0 Å². The molecule has 0 saturated heterocycles. The monoisotopic (exact) mass is 274 g/mol. The molecule has 3 heteroatoms. The second-order valence-electron chi connectivity index (χ2n) is 4.09. The van der Waals surface area contributed by atoms with Gasteiger partial charge in [-0.3, -0.25) is 4.40 Å². The molecule has 0 fully saturated rings. The smallest absolute Gasteiger partial charge is 0.145 e. The Morgan fingerprint density at radius 1 is 1.19 bits per heavy atom. The minimum absolute atomic E-state index is 1.02. The standard InChI is InChI=1S/C13H11BrN2/c1-8-3-4-11-10(7-8)5-6-16-12(14)9(2)15-13(11)16/h3-7H,1-2H3. The summed E-state index contributed by atoms with van der Waals surface area (Å²) in [6.07, 6.45) is 2.06. The van der Waals surface area contributed by atoms with E-state index >= 15 is 0 Å². The Balaban J connectivity index is 2.54. The number of halogens is 1. The molecule has 0 spiro atoms. The summed E-state index contributed by atoms with van der Waals surface area (Å²) in [5.41, 5.74) is 3.31. The minimum atomic E-state index is 1.02. The number of benzene rings is 1. The second-order valence-corrected chi connectivity index (χ2v) is 4.84. The summed E-state index contributed by atoms with van der Waals surface area (Å²) in [5.74, 6) is 0. The van der Waals surface area contributed by atoms with Gasteiger partial charge < -0.3 is 0 Å². The van der Waals surface area contributed by atoms with Gasteiger partial charge in [0.05, 0.1) is 5.69 Å². The zero-order chi connectivity index (χ0) is 11.3. The van der Waals surface area contributed by atoms with Gasteiger partial charge in [0.1, 0.15) is 10.3 Å². The van der Waals surface area contributed by atoms with Crippen molar-refractivity contribution in [1.29, 1.82) is 0 Å². The lowest BCUT2D eigenvalue weighted by atomic mass is 10.1. The van der Waals surface area contributed by atoms with E-state index in [9.17, 15) is 0 Å². The first-order valence-electron chi connectivity index (χ1n) is 5.20. The third-order valence-electron chi connectivity index (χ3n) is 2.86. The van der Waals surface area contributed by atoms with E-state index in [0.29, 0.717) is 0 Å². The van der Waals surface area contributed by atoms with Crippen LogP contribution in [0.4, 0.5) is 0 Å². The van der Waals surface area contributed by atoms with Crippen molar-refractivity contribution in [3.8, 4) is 0 Å². The molecule has 0 aliphatic rings. The fourth-order valence-corrected chi connectivity index (χ4v) is 2.41. The molecular weight excluding hydrogens is 264 g/mol. The summed E-state index contributed by atoms with van der Waals surface area (Å²) >= 11 is 3.55. The normalized spacial score (nSPS) is 11.4. The number of aromatic nitrogens is 2. The number of aryl methyl sites for hydroxylation is 2. The quantitative estimate of drug-likeness (QED) is 0.608. The fourth-order valence-electron chi connectivity index (χ4n) is 2.03. The molecule has 0 aliphatic heterocycles. The average Bonchev–Trinajstić information content (AvgIpc) is 2.55. The Bertz CT molecular complexity index is 698. The SMILES string of the molecule is Cc1ccc2c(ccn3c(Br)c(C)nc23)c1. The number of hydrogen-bond acceptors (Lipinski definition) is 1. The molecule has 16 heavy (non-hydrogen) atoms. The largest absolute Gasteiger partial charge is 0.293 e. The van der Waals surface area contributed by atoms with Crippen molar-refractivity contribution >= 4 is 32.3 Å². The molecule has 2 aromatic heterocycles. The predicted molar refractivity (Wildman–Crippen MR) is 69.9 cm³/mol. The van der Waals surface area contributed by atoms with Crippen molar-refractivity contribution in [3.05, 3.63) is 46.3 Å². The first-order valence-corrected chi connectivity index (χ1v) is 5.99. The van der Waals surface area contributed by atoms with Crippen molar-refractivity contribution in [2.45, 2.75) is 13.8 Å². The van der Waals surface area contributed by atoms with E-state index in [2.05, 4.69) is 62.7 Å². The highest BCUT2D eigenvalue weighted by Gasteiger charge is 2.08. The number of pyridine rings is 1. The Hall–Kier alpha value is -1.35. The van der Waals surface area contributed by atoms with Crippen molar-refractivity contribution < 1.29 is 0 Å². The van der Waals surface area contributed by atoms with Crippen LogP contribution in [-0.2, 0) is 0 Å². The van der Waals surface area contributed by atoms with Crippen LogP contribution >= 0.6 is 15.9 Å². The summed E-state index contributed by atoms with van der Waals surface area (Å²) in [4.78, 5) is 4.59. The molecule has 1 aromatic carbocycles. The van der Waals surface area contributed by atoms with Crippen LogP contribution in [0.5, 0.6) is 0 Å². The Morgan fingerprint density at radius 2 is 2.00 bits per heavy atom. The van der Waals surface area contributed by atoms with E-state index in [-0.39, 0.29) is 0 Å². The molecule has 3 aromatic rings. The third-order valence-corrected chi connectivity index (χ3v) is 3.82. The Kier molecular flexibility index (Phi) is 2.04. The van der Waals surface area contributed by atoms with Gasteiger partial charge in [-0.15, -0.1) is 0 Å². The van der Waals surface area contributed by atoms with Crippen LogP contribution < -0.4 is 0 Å². The molecule has 0 unspecified atom stereocenters. The molecule has 0 radical (unpaired) electrons. The van der Waals surface area contributed by atoms with Crippen LogP contribution in [0.3, 0.4) is 0 Å². The highest BCUT2D eigenvalue weighted by molar-refractivity contribution is 9.10. The highest BCUT2D eigenvalue weighted by atomic mass is 79.9. The maximum Gasteiger partial charge on any atom is 0.145 e. The molecule has 0 bridgehead atoms. The lowest BCUT2D eigenvalue weighted by Crippen LogP contribution is -1.86. The zero-order valence-electron chi connectivity index (χ0n) is 9.16. The van der Waals surface area contributed by atoms with Crippen molar-refractivity contribution in [1.82, 2.24) is 9.38 Å². The van der Waals surface area contributed by atoms with Gasteiger partial charge in [0.25, 0.3) is 0 Å². The summed E-state index contributed by atoms with van der Waals surface area (Å²) in [6, 6.07) is 8.58. The molecule has 2 nitrogen and oxygen atoms in total. The Morgan fingerprint density at radius 3 is 2.81 bits per heavy atom. The van der Waals surface area contributed by atoms with Gasteiger partial charge >= 0.3 is 0 Å². The summed E-state index contributed by atoms with van der Waals surface area (Å²) < 4.78 is 3.11. The fraction of sp³-hybridized carbons (Fsp3) is 0.154. The molecule has 0 saturated carbocycles. The topological polar surface area (TPSA) is 17.3 Å². The zero-order valence-corrected chi connectivity index (χ0v) is 10.7. The molecule has 2 heterocycles. The van der Waals surface area contributed by atoms with E-state index in [1.807, 2.05) is 6.92 Å². The molecule has 0 atom stereocenters. The lowest BCUT2D eigenvalue weighted by molar-refractivity contribution is 1.16. The molecule has 80 valence electrons. The van der Waals surface area contributed by atoms with Gasteiger partial charge in [-0.25, -0.2) is 4.98 Å². The molecular formula is C13H11BrN2. The van der Waals surface area contributed by atoms with Crippen molar-refractivity contribution in [2.24, 2.45) is 0 Å². The number of hydrogen-bond donors (Lipinski definition) is 0. The van der Waals surface area contributed by atoms with E-state index in [1.54, 1.807) is 0 Å². The number of nitrogens with zero attached hydrogens (tertiary/aromatic N) is 2. The molecule has 0 amide bonds. The van der Waals surface area contributed by atoms with Crippen LogP contribution in [-0.4, -0.2) is 9.38 Å². The van der Waals surface area contributed by atoms with E-state index in [0.717, 1.165) is 15.9 Å². The summed E-state index contributed by atoms with van der Waals surface area (Å²) in [5, 5.41) is 2.44. The van der Waals surface area contributed by atoms with E-state index < -0.39 is 0 Å². The van der Waals surface area contributed by atoms with Crippen LogP contribution in [0.15, 0.2) is 35.1 Å². The highest BCUT2D eigenvalue weighted by Crippen LogP contribution is 2.25. The number of rotatable bonds is 0. The van der Waals surface area contributed by atoms with E-state index in [1.165, 1.54) is 16.3 Å². The Labute approximate surface area is 102 Å². The third kappa shape index (κ3) is 1.28. The van der Waals surface area contributed by atoms with Crippen molar-refractivity contribution in [2.75, 3.05) is 0 Å². The van der Waals surface area contributed by atoms with Crippen LogP contribution in [0.25, 0.3) is 16.4 Å². The van der Waals surface area contributed by atoms with Gasteiger partial charge in [0.15, 0.2) is 0 Å². The maximum absolute atomic E-state index is 4.59. The van der Waals surface area contributed by atoms with Gasteiger partial charge in [-0.1, -0.05) is 23.8 Å². The van der Waals surface area contributed by atoms with Gasteiger partial charge in [-0.05, 0) is 41.2 Å². The summed E-state index contributed by atoms with van der Waals surface area (Å²) in [7, 11) is 0. The van der Waals surface area contributed by atoms with E-state index in [4.69, 9.17) is 0 Å². The molecule has 0 aliphatic carbocycles. The lowest BCUT2D eigenvalue weighted by Gasteiger charge is -2.02. The second kappa shape index (κ2) is 3.32. The number of fused-ring (bicyclic) bond motifs is 3. The minimum Gasteiger partial charge on any atom is -0.293 e. The van der Waals surface area contributed by atoms with Gasteiger partial charge in [-0.2, -0.15) is 0 Å². The van der Waals surface area contributed by atoms with Crippen LogP contribution in [0, 0.1) is 13.8 Å². The summed E-state index contributed by atoms with van der Waals surface area (Å²) in [6.45, 7) is 4.12. The average molecular weight is 275 g/mol. The maximum atomic E-state index is 4.59. The van der Waals surface area contributed by atoms with Crippen LogP contribution in [0.2, 0.25) is 0 Å². The molecule has 3 rings (SSSR count). The first-order chi connectivity index (χ1) is 7.66. The van der Waals surface area contributed by atoms with Gasteiger partial charge in [0, 0.05) is 11.6 Å². The van der Waals surface area contributed by atoms with Crippen molar-refractivity contribution in [3.63, 3.8) is 0 Å². The first kappa shape index (κ1) is 9.85. The van der Waals surface area contributed by atoms with Crippen LogP contribution in [0.1, 0.15) is 11.3 Å². The molecule has 0 N–H and O–H groups in total. The predicted octanol–water partition coefficient (Wildman–Crippen LogP) is 3.87. The number of imidazole rings is 1.